The molecule has 5 nitrogen and oxygen atoms in total. The highest BCUT2D eigenvalue weighted by Gasteiger charge is 2.10. The van der Waals surface area contributed by atoms with Gasteiger partial charge in [0.25, 0.3) is 0 Å². The fourth-order valence-electron chi connectivity index (χ4n) is 2.04. The smallest absolute Gasteiger partial charge is 0.330 e. The maximum atomic E-state index is 11.9. The van der Waals surface area contributed by atoms with Crippen molar-refractivity contribution < 1.29 is 19.1 Å². The van der Waals surface area contributed by atoms with E-state index in [1.807, 2.05) is 11.4 Å². The topological polar surface area (TPSA) is 72.5 Å². The molecule has 0 spiro atoms. The lowest BCUT2D eigenvalue weighted by molar-refractivity contribution is -0.137. The largest absolute Gasteiger partial charge is 0.463 e. The average molecular weight is 357 g/mol. The van der Waals surface area contributed by atoms with Crippen molar-refractivity contribution in [3.8, 4) is 0 Å². The third-order valence-corrected chi connectivity index (χ3v) is 4.18. The van der Waals surface area contributed by atoms with E-state index >= 15 is 0 Å². The molecular weight excluding hydrogens is 338 g/mol. The monoisotopic (exact) mass is 357 g/mol. The molecule has 0 fully saturated rings. The van der Waals surface area contributed by atoms with Gasteiger partial charge in [0, 0.05) is 24.6 Å². The molecule has 25 heavy (non-hydrogen) atoms. The Bertz CT molecular complexity index is 748. The van der Waals surface area contributed by atoms with Gasteiger partial charge in [-0.25, -0.2) is 4.79 Å². The van der Waals surface area contributed by atoms with Crippen molar-refractivity contribution in [1.82, 2.24) is 0 Å². The van der Waals surface area contributed by atoms with Gasteiger partial charge in [0.15, 0.2) is 5.78 Å². The summed E-state index contributed by atoms with van der Waals surface area (Å²) >= 11 is 1.38. The Kier molecular flexibility index (Phi) is 7.10. The molecule has 0 saturated carbocycles. The number of Topliss-reactive ketones (excluding diaryl/α,β-unsaturated/α-hetero) is 1. The van der Waals surface area contributed by atoms with Crippen molar-refractivity contribution in [1.29, 1.82) is 0 Å². The van der Waals surface area contributed by atoms with Crippen molar-refractivity contribution in [3.05, 3.63) is 58.3 Å². The summed E-state index contributed by atoms with van der Waals surface area (Å²) < 4.78 is 4.80. The summed E-state index contributed by atoms with van der Waals surface area (Å²) in [5, 5.41) is 4.59. The van der Waals surface area contributed by atoms with Gasteiger partial charge in [-0.05, 0) is 42.1 Å². The highest BCUT2D eigenvalue weighted by Crippen LogP contribution is 2.14. The van der Waals surface area contributed by atoms with E-state index in [2.05, 4.69) is 5.32 Å². The Labute approximate surface area is 150 Å². The van der Waals surface area contributed by atoms with Crippen molar-refractivity contribution in [2.24, 2.45) is 0 Å². The van der Waals surface area contributed by atoms with Crippen LogP contribution in [0.5, 0.6) is 0 Å². The molecule has 2 aromatic rings. The first-order valence-corrected chi connectivity index (χ1v) is 8.78. The Morgan fingerprint density at radius 2 is 1.88 bits per heavy atom. The SMILES string of the molecule is CCOC(=O)/C=C/c1ccc(NC(=O)CCC(=O)c2cccs2)cc1. The molecule has 1 heterocycles. The highest BCUT2D eigenvalue weighted by molar-refractivity contribution is 7.12. The lowest BCUT2D eigenvalue weighted by Crippen LogP contribution is -2.13. The number of thiophene rings is 1. The van der Waals surface area contributed by atoms with E-state index in [0.717, 1.165) is 5.56 Å². The molecule has 1 N–H and O–H groups in total. The van der Waals surface area contributed by atoms with Crippen LogP contribution in [0.3, 0.4) is 0 Å². The molecule has 0 radical (unpaired) electrons. The summed E-state index contributed by atoms with van der Waals surface area (Å²) in [6, 6.07) is 10.6. The van der Waals surface area contributed by atoms with E-state index in [-0.39, 0.29) is 24.5 Å². The zero-order chi connectivity index (χ0) is 18.1. The minimum atomic E-state index is -0.393. The number of benzene rings is 1. The quantitative estimate of drug-likeness (QED) is 0.441. The van der Waals surface area contributed by atoms with Gasteiger partial charge in [0.1, 0.15) is 0 Å². The van der Waals surface area contributed by atoms with Gasteiger partial charge in [0.05, 0.1) is 11.5 Å². The number of hydrogen-bond acceptors (Lipinski definition) is 5. The maximum absolute atomic E-state index is 11.9. The Morgan fingerprint density at radius 3 is 2.52 bits per heavy atom. The number of carbonyl (C=O) groups excluding carboxylic acids is 3. The van der Waals surface area contributed by atoms with E-state index in [1.165, 1.54) is 17.4 Å². The second kappa shape index (κ2) is 9.54. The first-order chi connectivity index (χ1) is 12.1. The number of ether oxygens (including phenoxy) is 1. The van der Waals surface area contributed by atoms with E-state index < -0.39 is 5.97 Å². The number of ketones is 1. The molecule has 0 saturated heterocycles. The molecule has 0 aliphatic heterocycles. The van der Waals surface area contributed by atoms with Crippen LogP contribution >= 0.6 is 11.3 Å². The first kappa shape index (κ1) is 18.6. The normalized spacial score (nSPS) is 10.6. The number of hydrogen-bond donors (Lipinski definition) is 1. The minimum Gasteiger partial charge on any atom is -0.463 e. The molecule has 1 aromatic heterocycles. The molecule has 2 rings (SSSR count). The van der Waals surface area contributed by atoms with Gasteiger partial charge < -0.3 is 10.1 Å². The van der Waals surface area contributed by atoms with Crippen LogP contribution in [0.25, 0.3) is 6.08 Å². The molecule has 1 amide bonds. The summed E-state index contributed by atoms with van der Waals surface area (Å²) in [6.07, 6.45) is 3.32. The van der Waals surface area contributed by atoms with E-state index in [1.54, 1.807) is 43.3 Å². The zero-order valence-corrected chi connectivity index (χ0v) is 14.7. The number of rotatable bonds is 8. The van der Waals surface area contributed by atoms with Crippen molar-refractivity contribution >= 4 is 40.8 Å². The van der Waals surface area contributed by atoms with Crippen molar-refractivity contribution in [2.45, 2.75) is 19.8 Å². The molecule has 0 aliphatic carbocycles. The fourth-order valence-corrected chi connectivity index (χ4v) is 2.74. The van der Waals surface area contributed by atoms with Crippen LogP contribution in [-0.4, -0.2) is 24.3 Å². The second-order valence-electron chi connectivity index (χ2n) is 5.16. The predicted molar refractivity (Wildman–Crippen MR) is 98.6 cm³/mol. The summed E-state index contributed by atoms with van der Waals surface area (Å²) in [5.41, 5.74) is 1.46. The van der Waals surface area contributed by atoms with E-state index in [0.29, 0.717) is 17.2 Å². The Hall–Kier alpha value is -2.73. The highest BCUT2D eigenvalue weighted by atomic mass is 32.1. The lowest BCUT2D eigenvalue weighted by Gasteiger charge is -2.05. The van der Waals surface area contributed by atoms with Crippen molar-refractivity contribution in [3.63, 3.8) is 0 Å². The third-order valence-electron chi connectivity index (χ3n) is 3.27. The molecule has 0 aliphatic rings. The fraction of sp³-hybridized carbons (Fsp3) is 0.211. The second-order valence-corrected chi connectivity index (χ2v) is 6.10. The van der Waals surface area contributed by atoms with E-state index in [9.17, 15) is 14.4 Å². The van der Waals surface area contributed by atoms with Crippen LogP contribution in [0.15, 0.2) is 47.9 Å². The van der Waals surface area contributed by atoms with Gasteiger partial charge in [-0.15, -0.1) is 11.3 Å². The van der Waals surface area contributed by atoms with Gasteiger partial charge in [-0.2, -0.15) is 0 Å². The molecule has 6 heteroatoms. The minimum absolute atomic E-state index is 0.0235. The van der Waals surface area contributed by atoms with Gasteiger partial charge in [-0.3, -0.25) is 9.59 Å². The lowest BCUT2D eigenvalue weighted by atomic mass is 10.1. The van der Waals surface area contributed by atoms with Crippen LogP contribution in [0.2, 0.25) is 0 Å². The maximum Gasteiger partial charge on any atom is 0.330 e. The summed E-state index contributed by atoms with van der Waals surface area (Å²) in [7, 11) is 0. The number of esters is 1. The molecule has 0 unspecified atom stereocenters. The van der Waals surface area contributed by atoms with Crippen LogP contribution in [-0.2, 0) is 14.3 Å². The van der Waals surface area contributed by atoms with E-state index in [4.69, 9.17) is 4.74 Å². The number of carbonyl (C=O) groups is 3. The van der Waals surface area contributed by atoms with Gasteiger partial charge >= 0.3 is 5.97 Å². The number of amides is 1. The Morgan fingerprint density at radius 1 is 1.12 bits per heavy atom. The van der Waals surface area contributed by atoms with Gasteiger partial charge in [-0.1, -0.05) is 18.2 Å². The Balaban J connectivity index is 1.81. The molecular formula is C19H19NO4S. The average Bonchev–Trinajstić information content (AvgIpc) is 3.14. The summed E-state index contributed by atoms with van der Waals surface area (Å²) in [5.74, 6) is -0.625. The molecule has 0 bridgehead atoms. The number of nitrogens with one attached hydrogen (secondary N) is 1. The van der Waals surface area contributed by atoms with Crippen LogP contribution in [0.1, 0.15) is 35.0 Å². The van der Waals surface area contributed by atoms with Crippen LogP contribution in [0, 0.1) is 0 Å². The molecule has 0 atom stereocenters. The standard InChI is InChI=1S/C19H19NO4S/c1-2-24-19(23)12-7-14-5-8-15(9-6-14)20-18(22)11-10-16(21)17-4-3-13-25-17/h3-9,12-13H,2,10-11H2,1H3,(H,20,22)/b12-7+. The zero-order valence-electron chi connectivity index (χ0n) is 13.9. The van der Waals surface area contributed by atoms with Gasteiger partial charge in [0.2, 0.25) is 5.91 Å². The predicted octanol–water partition coefficient (Wildman–Crippen LogP) is 3.93. The molecule has 130 valence electrons. The summed E-state index contributed by atoms with van der Waals surface area (Å²) in [6.45, 7) is 2.08. The molecule has 1 aromatic carbocycles. The summed E-state index contributed by atoms with van der Waals surface area (Å²) in [4.78, 5) is 35.7. The third kappa shape index (κ3) is 6.35. The van der Waals surface area contributed by atoms with Crippen molar-refractivity contribution in [2.75, 3.05) is 11.9 Å². The van der Waals surface area contributed by atoms with Crippen LogP contribution < -0.4 is 5.32 Å². The first-order valence-electron chi connectivity index (χ1n) is 7.90. The van der Waals surface area contributed by atoms with Crippen LogP contribution in [0.4, 0.5) is 5.69 Å². The number of anilines is 1.